The van der Waals surface area contributed by atoms with Crippen molar-refractivity contribution < 1.29 is 14.3 Å². The van der Waals surface area contributed by atoms with Crippen LogP contribution in [0.5, 0.6) is 5.75 Å². The number of hydrogen-bond acceptors (Lipinski definition) is 3. The zero-order valence-electron chi connectivity index (χ0n) is 11.1. The van der Waals surface area contributed by atoms with Crippen molar-refractivity contribution in [1.29, 1.82) is 0 Å². The summed E-state index contributed by atoms with van der Waals surface area (Å²) in [7, 11) is 1.63. The molecule has 0 aromatic heterocycles. The number of carbonyl (C=O) groups excluding carboxylic acids is 1. The van der Waals surface area contributed by atoms with Gasteiger partial charge in [0.15, 0.2) is 5.78 Å². The summed E-state index contributed by atoms with van der Waals surface area (Å²) in [5, 5.41) is 0. The van der Waals surface area contributed by atoms with Gasteiger partial charge in [0.1, 0.15) is 5.75 Å². The highest BCUT2D eigenvalue weighted by Gasteiger charge is 2.17. The van der Waals surface area contributed by atoms with Crippen LogP contribution in [0.3, 0.4) is 0 Å². The van der Waals surface area contributed by atoms with E-state index in [0.717, 1.165) is 42.7 Å². The Labute approximate surface area is 108 Å². The Morgan fingerprint density at radius 2 is 2.33 bits per heavy atom. The maximum absolute atomic E-state index is 12.1. The van der Waals surface area contributed by atoms with Gasteiger partial charge in [0.2, 0.25) is 0 Å². The van der Waals surface area contributed by atoms with Crippen LogP contribution in [0.1, 0.15) is 41.6 Å². The van der Waals surface area contributed by atoms with Crippen LogP contribution in [0.4, 0.5) is 0 Å². The zero-order valence-corrected chi connectivity index (χ0v) is 11.1. The highest BCUT2D eigenvalue weighted by molar-refractivity contribution is 5.96. The van der Waals surface area contributed by atoms with Crippen LogP contribution >= 0.6 is 0 Å². The third kappa shape index (κ3) is 3.10. The minimum absolute atomic E-state index is 0.170. The van der Waals surface area contributed by atoms with Crippen LogP contribution < -0.4 is 4.74 Å². The fourth-order valence-corrected chi connectivity index (χ4v) is 2.30. The van der Waals surface area contributed by atoms with Gasteiger partial charge >= 0.3 is 0 Å². The third-order valence-corrected chi connectivity index (χ3v) is 3.45. The summed E-state index contributed by atoms with van der Waals surface area (Å²) in [5.74, 6) is 0.946. The zero-order chi connectivity index (χ0) is 13.0. The Morgan fingerprint density at radius 3 is 3.00 bits per heavy atom. The first-order valence-electron chi connectivity index (χ1n) is 6.50. The number of benzene rings is 1. The Kier molecular flexibility index (Phi) is 4.37. The summed E-state index contributed by atoms with van der Waals surface area (Å²) in [5.41, 5.74) is 1.78. The molecule has 1 heterocycles. The lowest BCUT2D eigenvalue weighted by Crippen LogP contribution is -2.09. The molecular weight excluding hydrogens is 228 g/mol. The lowest BCUT2D eigenvalue weighted by molar-refractivity contribution is 0.0859. The summed E-state index contributed by atoms with van der Waals surface area (Å²) in [6, 6.07) is 5.63. The predicted molar refractivity (Wildman–Crippen MR) is 70.3 cm³/mol. The molecule has 0 saturated carbocycles. The molecule has 0 N–H and O–H groups in total. The average molecular weight is 248 g/mol. The van der Waals surface area contributed by atoms with E-state index in [4.69, 9.17) is 9.47 Å². The molecule has 0 aliphatic carbocycles. The van der Waals surface area contributed by atoms with Gasteiger partial charge in [0, 0.05) is 18.6 Å². The van der Waals surface area contributed by atoms with E-state index in [1.54, 1.807) is 7.11 Å². The molecule has 18 heavy (non-hydrogen) atoms. The van der Waals surface area contributed by atoms with Crippen molar-refractivity contribution in [2.24, 2.45) is 0 Å². The van der Waals surface area contributed by atoms with E-state index < -0.39 is 0 Å². The van der Waals surface area contributed by atoms with Crippen molar-refractivity contribution in [2.45, 2.75) is 38.7 Å². The second-order valence-electron chi connectivity index (χ2n) is 4.78. The summed E-state index contributed by atoms with van der Waals surface area (Å²) < 4.78 is 10.8. The smallest absolute Gasteiger partial charge is 0.163 e. The molecule has 1 fully saturated rings. The molecule has 1 aliphatic rings. The Bertz CT molecular complexity index is 420. The van der Waals surface area contributed by atoms with Gasteiger partial charge in [-0.2, -0.15) is 0 Å². The standard InChI is InChI=1S/C15H20O3/c1-11-5-6-12(10-15(11)17-2)14(16)8-7-13-4-3-9-18-13/h5-6,10,13H,3-4,7-9H2,1-2H3. The van der Waals surface area contributed by atoms with Gasteiger partial charge < -0.3 is 9.47 Å². The molecule has 2 rings (SSSR count). The molecule has 1 aliphatic heterocycles. The van der Waals surface area contributed by atoms with Crippen LogP contribution in [0.15, 0.2) is 18.2 Å². The van der Waals surface area contributed by atoms with Crippen molar-refractivity contribution in [3.8, 4) is 5.75 Å². The van der Waals surface area contributed by atoms with Crippen molar-refractivity contribution >= 4 is 5.78 Å². The third-order valence-electron chi connectivity index (χ3n) is 3.45. The molecule has 1 atom stereocenters. The summed E-state index contributed by atoms with van der Waals surface area (Å²) >= 11 is 0. The molecule has 0 radical (unpaired) electrons. The van der Waals surface area contributed by atoms with Gasteiger partial charge in [-0.05, 0) is 37.8 Å². The number of rotatable bonds is 5. The van der Waals surface area contributed by atoms with E-state index in [1.165, 1.54) is 0 Å². The van der Waals surface area contributed by atoms with Gasteiger partial charge in [-0.1, -0.05) is 12.1 Å². The summed E-state index contributed by atoms with van der Waals surface area (Å²) in [6.07, 6.45) is 3.87. The first-order chi connectivity index (χ1) is 8.70. The molecule has 1 aromatic rings. The lowest BCUT2D eigenvalue weighted by atomic mass is 10.0. The number of Topliss-reactive ketones (excluding diaryl/α,β-unsaturated/α-hetero) is 1. The number of methoxy groups -OCH3 is 1. The molecule has 0 bridgehead atoms. The Balaban J connectivity index is 1.95. The van der Waals surface area contributed by atoms with Crippen LogP contribution in [-0.2, 0) is 4.74 Å². The number of hydrogen-bond donors (Lipinski definition) is 0. The van der Waals surface area contributed by atoms with Crippen LogP contribution in [-0.4, -0.2) is 25.6 Å². The molecule has 3 heteroatoms. The molecule has 0 amide bonds. The molecule has 98 valence electrons. The quantitative estimate of drug-likeness (QED) is 0.751. The minimum atomic E-state index is 0.170. The van der Waals surface area contributed by atoms with E-state index >= 15 is 0 Å². The molecule has 0 spiro atoms. The van der Waals surface area contributed by atoms with Gasteiger partial charge in [-0.3, -0.25) is 4.79 Å². The fourth-order valence-electron chi connectivity index (χ4n) is 2.30. The van der Waals surface area contributed by atoms with Crippen molar-refractivity contribution in [1.82, 2.24) is 0 Å². The maximum Gasteiger partial charge on any atom is 0.163 e. The van der Waals surface area contributed by atoms with E-state index in [0.29, 0.717) is 6.42 Å². The second-order valence-corrected chi connectivity index (χ2v) is 4.78. The number of ketones is 1. The Hall–Kier alpha value is -1.35. The van der Waals surface area contributed by atoms with Gasteiger partial charge in [0.25, 0.3) is 0 Å². The molecule has 3 nitrogen and oxygen atoms in total. The summed E-state index contributed by atoms with van der Waals surface area (Å²) in [4.78, 5) is 12.1. The predicted octanol–water partition coefficient (Wildman–Crippen LogP) is 3.15. The molecule has 1 unspecified atom stereocenters. The number of aryl methyl sites for hydroxylation is 1. The Morgan fingerprint density at radius 1 is 1.50 bits per heavy atom. The maximum atomic E-state index is 12.1. The van der Waals surface area contributed by atoms with Gasteiger partial charge in [-0.25, -0.2) is 0 Å². The van der Waals surface area contributed by atoms with Crippen molar-refractivity contribution in [3.63, 3.8) is 0 Å². The van der Waals surface area contributed by atoms with E-state index in [1.807, 2.05) is 25.1 Å². The van der Waals surface area contributed by atoms with Gasteiger partial charge in [0.05, 0.1) is 13.2 Å². The molecular formula is C15H20O3. The normalized spacial score (nSPS) is 18.9. The second kappa shape index (κ2) is 6.01. The van der Waals surface area contributed by atoms with Crippen LogP contribution in [0, 0.1) is 6.92 Å². The van der Waals surface area contributed by atoms with E-state index in [-0.39, 0.29) is 11.9 Å². The minimum Gasteiger partial charge on any atom is -0.496 e. The first-order valence-corrected chi connectivity index (χ1v) is 6.50. The topological polar surface area (TPSA) is 35.5 Å². The molecule has 1 saturated heterocycles. The largest absolute Gasteiger partial charge is 0.496 e. The number of ether oxygens (including phenoxy) is 2. The highest BCUT2D eigenvalue weighted by Crippen LogP contribution is 2.22. The van der Waals surface area contributed by atoms with Gasteiger partial charge in [-0.15, -0.1) is 0 Å². The first kappa shape index (κ1) is 13.1. The van der Waals surface area contributed by atoms with Crippen molar-refractivity contribution in [3.05, 3.63) is 29.3 Å². The summed E-state index contributed by atoms with van der Waals surface area (Å²) in [6.45, 7) is 2.82. The fraction of sp³-hybridized carbons (Fsp3) is 0.533. The van der Waals surface area contributed by atoms with Crippen LogP contribution in [0.2, 0.25) is 0 Å². The van der Waals surface area contributed by atoms with Crippen molar-refractivity contribution in [2.75, 3.05) is 13.7 Å². The average Bonchev–Trinajstić information content (AvgIpc) is 2.89. The van der Waals surface area contributed by atoms with E-state index in [2.05, 4.69) is 0 Å². The lowest BCUT2D eigenvalue weighted by Gasteiger charge is -2.09. The number of carbonyl (C=O) groups is 1. The highest BCUT2D eigenvalue weighted by atomic mass is 16.5. The van der Waals surface area contributed by atoms with E-state index in [9.17, 15) is 4.79 Å². The molecule has 1 aromatic carbocycles. The van der Waals surface area contributed by atoms with Crippen LogP contribution in [0.25, 0.3) is 0 Å². The SMILES string of the molecule is COc1cc(C(=O)CCC2CCCO2)ccc1C. The monoisotopic (exact) mass is 248 g/mol.